The van der Waals surface area contributed by atoms with Crippen LogP contribution in [0.2, 0.25) is 0 Å². The fourth-order valence-corrected chi connectivity index (χ4v) is 2.96. The zero-order valence-electron chi connectivity index (χ0n) is 14.3. The van der Waals surface area contributed by atoms with Gasteiger partial charge in [-0.25, -0.2) is 8.78 Å². The highest BCUT2D eigenvalue weighted by molar-refractivity contribution is 5.95. The SMILES string of the molecule is C[C@@]1(c2cc(CC(=O)c3ccc(F)cn3)ccc2F)CCOCC(N)=N1. The number of carbonyl (C=O) groups excluding carboxylic acids is 1. The molecule has 2 heterocycles. The highest BCUT2D eigenvalue weighted by Crippen LogP contribution is 2.33. The van der Waals surface area contributed by atoms with Crippen LogP contribution in [-0.2, 0) is 16.7 Å². The molecule has 2 N–H and O–H groups in total. The Labute approximate surface area is 149 Å². The summed E-state index contributed by atoms with van der Waals surface area (Å²) in [6.45, 7) is 2.41. The molecule has 7 heteroatoms. The number of ketones is 1. The van der Waals surface area contributed by atoms with E-state index in [0.717, 1.165) is 6.20 Å². The summed E-state index contributed by atoms with van der Waals surface area (Å²) < 4.78 is 32.8. The van der Waals surface area contributed by atoms with E-state index < -0.39 is 17.2 Å². The number of rotatable bonds is 4. The number of Topliss-reactive ketones (excluding diaryl/α,β-unsaturated/α-hetero) is 1. The zero-order valence-corrected chi connectivity index (χ0v) is 14.3. The molecular weight excluding hydrogens is 340 g/mol. The Balaban J connectivity index is 1.89. The Hall–Kier alpha value is -2.67. The summed E-state index contributed by atoms with van der Waals surface area (Å²) in [6.07, 6.45) is 1.49. The number of pyridine rings is 1. The van der Waals surface area contributed by atoms with Crippen molar-refractivity contribution in [3.63, 3.8) is 0 Å². The van der Waals surface area contributed by atoms with E-state index in [1.807, 2.05) is 0 Å². The van der Waals surface area contributed by atoms with Crippen molar-refractivity contribution in [2.24, 2.45) is 10.7 Å². The molecule has 0 fully saturated rings. The number of ether oxygens (including phenoxy) is 1. The maximum atomic E-state index is 14.5. The highest BCUT2D eigenvalue weighted by Gasteiger charge is 2.31. The number of nitrogens with two attached hydrogens (primary N) is 1. The third kappa shape index (κ3) is 3.94. The third-order valence-corrected chi connectivity index (χ3v) is 4.36. The molecule has 5 nitrogen and oxygen atoms in total. The monoisotopic (exact) mass is 359 g/mol. The number of carbonyl (C=O) groups is 1. The van der Waals surface area contributed by atoms with Crippen molar-refractivity contribution in [1.82, 2.24) is 4.98 Å². The number of amidine groups is 1. The topological polar surface area (TPSA) is 77.6 Å². The molecule has 0 saturated heterocycles. The van der Waals surface area contributed by atoms with E-state index in [9.17, 15) is 13.6 Å². The fourth-order valence-electron chi connectivity index (χ4n) is 2.96. The minimum Gasteiger partial charge on any atom is -0.386 e. The van der Waals surface area contributed by atoms with Crippen LogP contribution >= 0.6 is 0 Å². The lowest BCUT2D eigenvalue weighted by Gasteiger charge is -2.25. The average molecular weight is 359 g/mol. The molecule has 1 aliphatic rings. The number of hydrogen-bond donors (Lipinski definition) is 1. The minimum absolute atomic E-state index is 0.0255. The maximum Gasteiger partial charge on any atom is 0.185 e. The molecule has 1 aromatic carbocycles. The van der Waals surface area contributed by atoms with Gasteiger partial charge in [0.15, 0.2) is 5.78 Å². The van der Waals surface area contributed by atoms with Gasteiger partial charge in [0.2, 0.25) is 0 Å². The van der Waals surface area contributed by atoms with Gasteiger partial charge in [-0.3, -0.25) is 14.8 Å². The molecule has 136 valence electrons. The first-order chi connectivity index (χ1) is 12.4. The van der Waals surface area contributed by atoms with Gasteiger partial charge in [0.25, 0.3) is 0 Å². The number of aromatic nitrogens is 1. The zero-order chi connectivity index (χ0) is 18.7. The lowest BCUT2D eigenvalue weighted by Crippen LogP contribution is -2.25. The molecule has 1 aliphatic heterocycles. The summed E-state index contributed by atoms with van der Waals surface area (Å²) in [6, 6.07) is 7.00. The van der Waals surface area contributed by atoms with Gasteiger partial charge in [-0.05, 0) is 43.2 Å². The van der Waals surface area contributed by atoms with Crippen molar-refractivity contribution in [2.45, 2.75) is 25.3 Å². The van der Waals surface area contributed by atoms with E-state index in [0.29, 0.717) is 30.0 Å². The lowest BCUT2D eigenvalue weighted by atomic mass is 9.87. The molecule has 0 amide bonds. The normalized spacial score (nSPS) is 20.3. The summed E-state index contributed by atoms with van der Waals surface area (Å²) >= 11 is 0. The molecule has 0 radical (unpaired) electrons. The summed E-state index contributed by atoms with van der Waals surface area (Å²) in [7, 11) is 0. The maximum absolute atomic E-state index is 14.5. The molecule has 0 saturated carbocycles. The van der Waals surface area contributed by atoms with Gasteiger partial charge in [-0.15, -0.1) is 0 Å². The van der Waals surface area contributed by atoms with Crippen LogP contribution in [0.25, 0.3) is 0 Å². The third-order valence-electron chi connectivity index (χ3n) is 4.36. The largest absolute Gasteiger partial charge is 0.386 e. The minimum atomic E-state index is -0.863. The summed E-state index contributed by atoms with van der Waals surface area (Å²) in [5, 5.41) is 0. The predicted octanol–water partition coefficient (Wildman–Crippen LogP) is 2.78. The van der Waals surface area contributed by atoms with Gasteiger partial charge in [0.05, 0.1) is 11.7 Å². The highest BCUT2D eigenvalue weighted by atomic mass is 19.1. The van der Waals surface area contributed by atoms with Crippen molar-refractivity contribution in [3.8, 4) is 0 Å². The molecule has 0 unspecified atom stereocenters. The Morgan fingerprint density at radius 1 is 1.31 bits per heavy atom. The second-order valence-electron chi connectivity index (χ2n) is 6.46. The molecule has 0 spiro atoms. The molecule has 26 heavy (non-hydrogen) atoms. The van der Waals surface area contributed by atoms with E-state index in [1.54, 1.807) is 19.1 Å². The van der Waals surface area contributed by atoms with Gasteiger partial charge >= 0.3 is 0 Å². The van der Waals surface area contributed by atoms with Gasteiger partial charge in [-0.2, -0.15) is 0 Å². The van der Waals surface area contributed by atoms with Crippen LogP contribution in [0.4, 0.5) is 8.78 Å². The van der Waals surface area contributed by atoms with Crippen LogP contribution in [0.1, 0.15) is 35.0 Å². The van der Waals surface area contributed by atoms with E-state index in [-0.39, 0.29) is 24.5 Å². The fraction of sp³-hybridized carbons (Fsp3) is 0.316. The number of aliphatic imine (C=N–C) groups is 1. The molecule has 1 aromatic heterocycles. The molecule has 0 bridgehead atoms. The van der Waals surface area contributed by atoms with Gasteiger partial charge in [0.1, 0.15) is 29.8 Å². The van der Waals surface area contributed by atoms with Crippen LogP contribution in [0, 0.1) is 11.6 Å². The quantitative estimate of drug-likeness (QED) is 0.852. The van der Waals surface area contributed by atoms with Crippen molar-refractivity contribution in [3.05, 3.63) is 65.0 Å². The van der Waals surface area contributed by atoms with Crippen molar-refractivity contribution in [2.75, 3.05) is 13.2 Å². The lowest BCUT2D eigenvalue weighted by molar-refractivity contribution is 0.0988. The van der Waals surface area contributed by atoms with Crippen molar-refractivity contribution in [1.29, 1.82) is 0 Å². The number of benzene rings is 1. The second-order valence-corrected chi connectivity index (χ2v) is 6.46. The summed E-state index contributed by atoms with van der Waals surface area (Å²) in [5.41, 5.74) is 6.10. The Morgan fingerprint density at radius 2 is 2.12 bits per heavy atom. The van der Waals surface area contributed by atoms with Crippen molar-refractivity contribution >= 4 is 11.6 Å². The van der Waals surface area contributed by atoms with Crippen LogP contribution in [0.5, 0.6) is 0 Å². The smallest absolute Gasteiger partial charge is 0.185 e. The van der Waals surface area contributed by atoms with Crippen LogP contribution in [0.3, 0.4) is 0 Å². The van der Waals surface area contributed by atoms with E-state index in [1.165, 1.54) is 18.2 Å². The average Bonchev–Trinajstić information content (AvgIpc) is 2.78. The van der Waals surface area contributed by atoms with Gasteiger partial charge in [-0.1, -0.05) is 6.07 Å². The van der Waals surface area contributed by atoms with Gasteiger partial charge in [0, 0.05) is 18.6 Å². The standard InChI is InChI=1S/C19H19F2N3O2/c1-19(6-7-26-11-18(22)24-19)14-8-12(2-4-15(14)21)9-17(25)16-5-3-13(20)10-23-16/h2-5,8,10H,6-7,9,11H2,1H3,(H2,22,24)/t19-/m0/s1. The van der Waals surface area contributed by atoms with E-state index in [2.05, 4.69) is 9.98 Å². The van der Waals surface area contributed by atoms with Crippen LogP contribution in [0.15, 0.2) is 41.5 Å². The molecule has 3 rings (SSSR count). The Morgan fingerprint density at radius 3 is 2.85 bits per heavy atom. The Kier molecular flexibility index (Phi) is 5.08. The summed E-state index contributed by atoms with van der Waals surface area (Å²) in [5.74, 6) is -0.895. The number of hydrogen-bond acceptors (Lipinski definition) is 5. The first-order valence-corrected chi connectivity index (χ1v) is 8.23. The van der Waals surface area contributed by atoms with Crippen molar-refractivity contribution < 1.29 is 18.3 Å². The summed E-state index contributed by atoms with van der Waals surface area (Å²) in [4.78, 5) is 20.5. The second kappa shape index (κ2) is 7.29. The molecule has 1 atom stereocenters. The number of halogens is 2. The Bertz CT molecular complexity index is 852. The van der Waals surface area contributed by atoms with Crippen LogP contribution < -0.4 is 5.73 Å². The molecule has 2 aromatic rings. The molecular formula is C19H19F2N3O2. The predicted molar refractivity (Wildman–Crippen MR) is 93.0 cm³/mol. The van der Waals surface area contributed by atoms with E-state index in [4.69, 9.17) is 10.5 Å². The molecule has 0 aliphatic carbocycles. The number of nitrogens with zero attached hydrogens (tertiary/aromatic N) is 2. The van der Waals surface area contributed by atoms with Crippen LogP contribution in [-0.4, -0.2) is 29.8 Å². The van der Waals surface area contributed by atoms with E-state index >= 15 is 0 Å². The first-order valence-electron chi connectivity index (χ1n) is 8.23. The first kappa shape index (κ1) is 18.1. The van der Waals surface area contributed by atoms with Gasteiger partial charge < -0.3 is 10.5 Å².